The molecule has 3 aliphatic rings. The molecule has 2 aromatic carbocycles. The molecular formula is C27H32ClN5O5. The molecule has 3 aliphatic heterocycles. The molecule has 3 aromatic rings. The van der Waals surface area contributed by atoms with Crippen LogP contribution in [0.3, 0.4) is 0 Å². The van der Waals surface area contributed by atoms with E-state index in [9.17, 15) is 0 Å². The van der Waals surface area contributed by atoms with Crippen LogP contribution in [0.1, 0.15) is 12.8 Å². The van der Waals surface area contributed by atoms with Crippen LogP contribution in [0.2, 0.25) is 0 Å². The summed E-state index contributed by atoms with van der Waals surface area (Å²) < 4.78 is 30.6. The van der Waals surface area contributed by atoms with E-state index in [-0.39, 0.29) is 12.9 Å². The van der Waals surface area contributed by atoms with E-state index in [1.54, 1.807) is 6.20 Å². The van der Waals surface area contributed by atoms with Gasteiger partial charge in [0.25, 0.3) is 0 Å². The lowest BCUT2D eigenvalue weighted by Gasteiger charge is -2.32. The number of ether oxygens (including phenoxy) is 5. The van der Waals surface area contributed by atoms with Gasteiger partial charge in [0.05, 0.1) is 24.1 Å². The fourth-order valence-corrected chi connectivity index (χ4v) is 5.07. The summed E-state index contributed by atoms with van der Waals surface area (Å²) in [6, 6.07) is 9.39. The number of nitrogens with zero attached hydrogens (tertiary/aromatic N) is 5. The van der Waals surface area contributed by atoms with Gasteiger partial charge in [-0.05, 0) is 19.2 Å². The van der Waals surface area contributed by atoms with Crippen molar-refractivity contribution in [1.82, 2.24) is 19.8 Å². The first-order valence-electron chi connectivity index (χ1n) is 13.1. The quantitative estimate of drug-likeness (QED) is 0.392. The molecule has 0 radical (unpaired) electrons. The lowest BCUT2D eigenvalue weighted by molar-refractivity contribution is 0.0261. The molecule has 0 aliphatic carbocycles. The summed E-state index contributed by atoms with van der Waals surface area (Å²) in [6.45, 7) is 7.25. The first kappa shape index (κ1) is 25.2. The molecule has 1 aromatic heterocycles. The highest BCUT2D eigenvalue weighted by Gasteiger charge is 2.24. The number of benzene rings is 2. The van der Waals surface area contributed by atoms with E-state index in [4.69, 9.17) is 40.4 Å². The number of aromatic nitrogens is 2. The van der Waals surface area contributed by atoms with E-state index in [1.807, 2.05) is 30.3 Å². The van der Waals surface area contributed by atoms with Crippen LogP contribution in [-0.2, 0) is 4.74 Å². The van der Waals surface area contributed by atoms with Crippen molar-refractivity contribution in [2.75, 3.05) is 70.8 Å². The van der Waals surface area contributed by atoms with E-state index >= 15 is 0 Å². The van der Waals surface area contributed by atoms with E-state index in [1.165, 1.54) is 4.42 Å². The highest BCUT2D eigenvalue weighted by Crippen LogP contribution is 2.44. The molecule has 4 heterocycles. The van der Waals surface area contributed by atoms with E-state index in [0.29, 0.717) is 60.0 Å². The molecule has 0 N–H and O–H groups in total. The molecule has 10 nitrogen and oxygen atoms in total. The van der Waals surface area contributed by atoms with Gasteiger partial charge in [-0.15, -0.1) is 0 Å². The van der Waals surface area contributed by atoms with Gasteiger partial charge < -0.3 is 28.6 Å². The molecule has 0 atom stereocenters. The number of hydrogen-bond acceptors (Lipinski definition) is 10. The van der Waals surface area contributed by atoms with Crippen molar-refractivity contribution in [3.63, 3.8) is 0 Å². The predicted molar refractivity (Wildman–Crippen MR) is 144 cm³/mol. The fraction of sp³-hybridized carbons (Fsp3) is 0.481. The minimum absolute atomic E-state index is 0.0702. The summed E-state index contributed by atoms with van der Waals surface area (Å²) in [4.78, 5) is 14.1. The number of halogens is 1. The number of likely N-dealkylation sites (N-methyl/N-ethyl adjacent to an activating group) is 1. The van der Waals surface area contributed by atoms with Crippen molar-refractivity contribution < 1.29 is 23.7 Å². The van der Waals surface area contributed by atoms with Crippen molar-refractivity contribution in [3.05, 3.63) is 36.5 Å². The Morgan fingerprint density at radius 3 is 2.79 bits per heavy atom. The zero-order chi connectivity index (χ0) is 25.9. The number of rotatable bonds is 8. The van der Waals surface area contributed by atoms with Crippen LogP contribution >= 0.6 is 11.8 Å². The van der Waals surface area contributed by atoms with Gasteiger partial charge in [0.2, 0.25) is 12.7 Å². The van der Waals surface area contributed by atoms with Gasteiger partial charge in [-0.3, -0.25) is 4.90 Å². The molecule has 0 amide bonds. The Labute approximate surface area is 227 Å². The van der Waals surface area contributed by atoms with E-state index < -0.39 is 0 Å². The summed E-state index contributed by atoms with van der Waals surface area (Å²) in [6.07, 6.45) is 3.49. The maximum atomic E-state index is 6.72. The topological polar surface area (TPSA) is 81.7 Å². The molecule has 0 saturated carbocycles. The Morgan fingerprint density at radius 2 is 1.95 bits per heavy atom. The zero-order valence-corrected chi connectivity index (χ0v) is 22.2. The van der Waals surface area contributed by atoms with Gasteiger partial charge in [0.1, 0.15) is 29.9 Å². The Kier molecular flexibility index (Phi) is 7.55. The SMILES string of the molecule is CN1CCN(CCOc2cc(OC3CCOCC3)c3cnc(N(Cl)c4cccc5c4OCO5)nc3c2)CC1. The predicted octanol–water partition coefficient (Wildman–Crippen LogP) is 3.83. The van der Waals surface area contributed by atoms with Crippen molar-refractivity contribution in [2.45, 2.75) is 18.9 Å². The third-order valence-corrected chi connectivity index (χ3v) is 7.45. The van der Waals surface area contributed by atoms with Gasteiger partial charge in [0, 0.05) is 75.7 Å². The average molecular weight is 542 g/mol. The highest BCUT2D eigenvalue weighted by atomic mass is 35.5. The molecule has 11 heteroatoms. The number of para-hydroxylation sites is 1. The summed E-state index contributed by atoms with van der Waals surface area (Å²) in [5.41, 5.74) is 1.30. The van der Waals surface area contributed by atoms with E-state index in [0.717, 1.165) is 51.0 Å². The molecule has 0 bridgehead atoms. The maximum absolute atomic E-state index is 6.72. The standard InChI is InChI=1S/C27H32ClN5O5/c1-31-7-9-32(10-8-31)11-14-35-20-15-22-21(25(16-20)38-19-5-12-34-13-6-19)17-29-27(30-22)33(28)23-3-2-4-24-26(23)37-18-36-24/h2-4,15-17,19H,5-14,18H2,1H3. The minimum Gasteiger partial charge on any atom is -0.492 e. The van der Waals surface area contributed by atoms with Gasteiger partial charge in [-0.2, -0.15) is 0 Å². The van der Waals surface area contributed by atoms with Crippen LogP contribution in [0, 0.1) is 0 Å². The Balaban J connectivity index is 1.26. The summed E-state index contributed by atoms with van der Waals surface area (Å²) in [5.74, 6) is 2.92. The first-order chi connectivity index (χ1) is 18.6. The molecule has 2 saturated heterocycles. The van der Waals surface area contributed by atoms with Crippen LogP contribution in [0.5, 0.6) is 23.0 Å². The average Bonchev–Trinajstić information content (AvgIpc) is 3.43. The van der Waals surface area contributed by atoms with Gasteiger partial charge in [-0.25, -0.2) is 14.4 Å². The molecule has 202 valence electrons. The molecule has 38 heavy (non-hydrogen) atoms. The van der Waals surface area contributed by atoms with Crippen LogP contribution in [0.25, 0.3) is 10.9 Å². The monoisotopic (exact) mass is 541 g/mol. The summed E-state index contributed by atoms with van der Waals surface area (Å²) in [7, 11) is 2.16. The fourth-order valence-electron chi connectivity index (χ4n) is 4.86. The summed E-state index contributed by atoms with van der Waals surface area (Å²) >= 11 is 6.72. The largest absolute Gasteiger partial charge is 0.492 e. The first-order valence-corrected chi connectivity index (χ1v) is 13.4. The van der Waals surface area contributed by atoms with Gasteiger partial charge >= 0.3 is 0 Å². The van der Waals surface area contributed by atoms with Gasteiger partial charge in [-0.1, -0.05) is 6.07 Å². The second kappa shape index (κ2) is 11.4. The second-order valence-corrected chi connectivity index (χ2v) is 10.1. The number of piperazine rings is 1. The lowest BCUT2D eigenvalue weighted by atomic mass is 10.1. The maximum Gasteiger partial charge on any atom is 0.245 e. The molecule has 2 fully saturated rings. The van der Waals surface area contributed by atoms with Crippen LogP contribution in [0.4, 0.5) is 11.6 Å². The van der Waals surface area contributed by atoms with Crippen LogP contribution < -0.4 is 23.4 Å². The normalized spacial score (nSPS) is 18.6. The highest BCUT2D eigenvalue weighted by molar-refractivity contribution is 6.29. The molecule has 0 unspecified atom stereocenters. The lowest BCUT2D eigenvalue weighted by Crippen LogP contribution is -2.45. The number of hydrogen-bond donors (Lipinski definition) is 0. The number of anilines is 2. The third kappa shape index (κ3) is 5.54. The van der Waals surface area contributed by atoms with E-state index in [2.05, 4.69) is 21.8 Å². The van der Waals surface area contributed by atoms with Crippen molar-refractivity contribution in [1.29, 1.82) is 0 Å². The van der Waals surface area contributed by atoms with Crippen molar-refractivity contribution in [2.24, 2.45) is 0 Å². The Hall–Kier alpha value is -3.05. The minimum atomic E-state index is 0.0702. The van der Waals surface area contributed by atoms with Crippen LogP contribution in [-0.4, -0.2) is 92.3 Å². The summed E-state index contributed by atoms with van der Waals surface area (Å²) in [5, 5.41) is 0.801. The second-order valence-electron chi connectivity index (χ2n) is 9.74. The molecular weight excluding hydrogens is 510 g/mol. The van der Waals surface area contributed by atoms with Gasteiger partial charge in [0.15, 0.2) is 11.5 Å². The zero-order valence-electron chi connectivity index (χ0n) is 21.5. The third-order valence-electron chi connectivity index (χ3n) is 7.12. The molecule has 6 rings (SSSR count). The Morgan fingerprint density at radius 1 is 1.11 bits per heavy atom. The van der Waals surface area contributed by atoms with Crippen LogP contribution in [0.15, 0.2) is 36.5 Å². The molecule has 0 spiro atoms. The number of fused-ring (bicyclic) bond motifs is 2. The van der Waals surface area contributed by atoms with Crippen molar-refractivity contribution >= 4 is 34.3 Å². The van der Waals surface area contributed by atoms with Crippen molar-refractivity contribution in [3.8, 4) is 23.0 Å². The Bertz CT molecular complexity index is 1270. The smallest absolute Gasteiger partial charge is 0.245 e.